The molecule has 2 fully saturated rings. The molecule has 0 aromatic carbocycles. The standard InChI is InChI=1S/C15H28N2O2S/c1-12-5-2-3-7-14(12)19-10-8-16-15(20)17-11-13-6-4-9-18-13/h12-14H,2-11H2,1H3,(H2,16,17,20)/t12-,13-,14-/m1/s1. The van der Waals surface area contributed by atoms with Gasteiger partial charge in [0.25, 0.3) is 0 Å². The Balaban J connectivity index is 1.48. The zero-order valence-corrected chi connectivity index (χ0v) is 13.3. The lowest BCUT2D eigenvalue weighted by atomic mass is 9.88. The van der Waals surface area contributed by atoms with Crippen LogP contribution in [0.5, 0.6) is 0 Å². The van der Waals surface area contributed by atoms with Crippen molar-refractivity contribution in [3.8, 4) is 0 Å². The fourth-order valence-corrected chi connectivity index (χ4v) is 3.16. The topological polar surface area (TPSA) is 42.5 Å². The van der Waals surface area contributed by atoms with Crippen LogP contribution >= 0.6 is 12.2 Å². The molecule has 4 nitrogen and oxygen atoms in total. The second-order valence-corrected chi connectivity index (χ2v) is 6.35. The van der Waals surface area contributed by atoms with Crippen molar-refractivity contribution in [2.75, 3.05) is 26.3 Å². The molecule has 5 heteroatoms. The Bertz CT molecular complexity index is 296. The van der Waals surface area contributed by atoms with Crippen LogP contribution in [0.4, 0.5) is 0 Å². The molecule has 1 aliphatic heterocycles. The van der Waals surface area contributed by atoms with Gasteiger partial charge in [0.15, 0.2) is 5.11 Å². The summed E-state index contributed by atoms with van der Waals surface area (Å²) < 4.78 is 11.5. The number of hydrogen-bond acceptors (Lipinski definition) is 3. The van der Waals surface area contributed by atoms with Crippen LogP contribution in [0.15, 0.2) is 0 Å². The van der Waals surface area contributed by atoms with E-state index in [0.717, 1.165) is 32.7 Å². The van der Waals surface area contributed by atoms with Gasteiger partial charge in [-0.3, -0.25) is 0 Å². The van der Waals surface area contributed by atoms with Crippen molar-refractivity contribution < 1.29 is 9.47 Å². The van der Waals surface area contributed by atoms with Gasteiger partial charge in [-0.15, -0.1) is 0 Å². The van der Waals surface area contributed by atoms with E-state index >= 15 is 0 Å². The summed E-state index contributed by atoms with van der Waals surface area (Å²) in [6.07, 6.45) is 8.26. The maximum atomic E-state index is 5.95. The molecule has 1 saturated heterocycles. The first-order valence-electron chi connectivity index (χ1n) is 8.00. The van der Waals surface area contributed by atoms with E-state index in [4.69, 9.17) is 21.7 Å². The number of hydrogen-bond donors (Lipinski definition) is 2. The van der Waals surface area contributed by atoms with Gasteiger partial charge in [-0.25, -0.2) is 0 Å². The predicted molar refractivity (Wildman–Crippen MR) is 84.9 cm³/mol. The molecule has 0 amide bonds. The Kier molecular flexibility index (Phi) is 7.03. The van der Waals surface area contributed by atoms with Crippen LogP contribution in [0.3, 0.4) is 0 Å². The molecule has 0 spiro atoms. The second kappa shape index (κ2) is 8.80. The van der Waals surface area contributed by atoms with E-state index in [1.54, 1.807) is 0 Å². The first-order chi connectivity index (χ1) is 9.75. The van der Waals surface area contributed by atoms with Gasteiger partial charge >= 0.3 is 0 Å². The molecule has 1 aliphatic carbocycles. The van der Waals surface area contributed by atoms with Gasteiger partial charge in [-0.2, -0.15) is 0 Å². The van der Waals surface area contributed by atoms with Gasteiger partial charge in [0, 0.05) is 19.7 Å². The van der Waals surface area contributed by atoms with E-state index in [0.29, 0.717) is 23.2 Å². The zero-order chi connectivity index (χ0) is 14.2. The van der Waals surface area contributed by atoms with Crippen molar-refractivity contribution in [1.29, 1.82) is 0 Å². The highest BCUT2D eigenvalue weighted by molar-refractivity contribution is 7.80. The van der Waals surface area contributed by atoms with Crippen LogP contribution in [0.2, 0.25) is 0 Å². The summed E-state index contributed by atoms with van der Waals surface area (Å²) in [5.74, 6) is 0.702. The summed E-state index contributed by atoms with van der Waals surface area (Å²) in [5.41, 5.74) is 0. The van der Waals surface area contributed by atoms with Gasteiger partial charge in [0.1, 0.15) is 0 Å². The third kappa shape index (κ3) is 5.54. The van der Waals surface area contributed by atoms with Crippen molar-refractivity contribution in [2.24, 2.45) is 5.92 Å². The van der Waals surface area contributed by atoms with Crippen molar-refractivity contribution >= 4 is 17.3 Å². The first kappa shape index (κ1) is 16.0. The Morgan fingerprint density at radius 3 is 2.80 bits per heavy atom. The summed E-state index contributed by atoms with van der Waals surface area (Å²) in [7, 11) is 0. The van der Waals surface area contributed by atoms with Crippen LogP contribution < -0.4 is 10.6 Å². The molecule has 0 aromatic rings. The highest BCUT2D eigenvalue weighted by atomic mass is 32.1. The summed E-state index contributed by atoms with van der Waals surface area (Å²) in [6.45, 7) is 5.51. The molecule has 1 saturated carbocycles. The number of rotatable bonds is 6. The average Bonchev–Trinajstić information content (AvgIpc) is 2.96. The SMILES string of the molecule is C[C@@H]1CCCC[C@H]1OCCNC(=S)NC[C@H]1CCCO1. The maximum absolute atomic E-state index is 5.95. The number of nitrogens with one attached hydrogen (secondary N) is 2. The monoisotopic (exact) mass is 300 g/mol. The van der Waals surface area contributed by atoms with Crippen LogP contribution in [0.25, 0.3) is 0 Å². The third-order valence-corrected chi connectivity index (χ3v) is 4.56. The summed E-state index contributed by atoms with van der Waals surface area (Å²) in [4.78, 5) is 0. The molecule has 2 rings (SSSR count). The van der Waals surface area contributed by atoms with E-state index in [1.807, 2.05) is 0 Å². The Morgan fingerprint density at radius 2 is 2.05 bits per heavy atom. The van der Waals surface area contributed by atoms with Crippen molar-refractivity contribution in [2.45, 2.75) is 57.7 Å². The number of ether oxygens (including phenoxy) is 2. The third-order valence-electron chi connectivity index (χ3n) is 4.27. The normalized spacial score (nSPS) is 30.1. The Morgan fingerprint density at radius 1 is 1.20 bits per heavy atom. The van der Waals surface area contributed by atoms with Crippen molar-refractivity contribution in [3.05, 3.63) is 0 Å². The maximum Gasteiger partial charge on any atom is 0.166 e. The smallest absolute Gasteiger partial charge is 0.166 e. The van der Waals surface area contributed by atoms with Crippen LogP contribution in [0.1, 0.15) is 45.4 Å². The molecular weight excluding hydrogens is 272 g/mol. The molecule has 0 bridgehead atoms. The minimum absolute atomic E-state index is 0.328. The summed E-state index contributed by atoms with van der Waals surface area (Å²) in [6, 6.07) is 0. The van der Waals surface area contributed by atoms with Gasteiger partial charge < -0.3 is 20.1 Å². The summed E-state index contributed by atoms with van der Waals surface area (Å²) in [5, 5.41) is 7.12. The fourth-order valence-electron chi connectivity index (χ4n) is 2.98. The van der Waals surface area contributed by atoms with E-state index in [1.165, 1.54) is 32.1 Å². The van der Waals surface area contributed by atoms with Crippen LogP contribution in [-0.2, 0) is 9.47 Å². The molecule has 1 heterocycles. The van der Waals surface area contributed by atoms with Gasteiger partial charge in [0.2, 0.25) is 0 Å². The Hall–Kier alpha value is -0.390. The largest absolute Gasteiger partial charge is 0.376 e. The Labute approximate surface area is 128 Å². The van der Waals surface area contributed by atoms with E-state index in [9.17, 15) is 0 Å². The van der Waals surface area contributed by atoms with Crippen molar-refractivity contribution in [3.63, 3.8) is 0 Å². The molecule has 0 radical (unpaired) electrons. The van der Waals surface area contributed by atoms with E-state index in [2.05, 4.69) is 17.6 Å². The fraction of sp³-hybridized carbons (Fsp3) is 0.933. The average molecular weight is 300 g/mol. The molecular formula is C15H28N2O2S. The lowest BCUT2D eigenvalue weighted by molar-refractivity contribution is -0.00199. The molecule has 116 valence electrons. The predicted octanol–water partition coefficient (Wildman–Crippen LogP) is 2.22. The van der Waals surface area contributed by atoms with Gasteiger partial charge in [-0.05, 0) is 43.8 Å². The molecule has 20 heavy (non-hydrogen) atoms. The van der Waals surface area contributed by atoms with Crippen LogP contribution in [0, 0.1) is 5.92 Å². The minimum atomic E-state index is 0.328. The highest BCUT2D eigenvalue weighted by Crippen LogP contribution is 2.25. The molecule has 3 atom stereocenters. The zero-order valence-electron chi connectivity index (χ0n) is 12.5. The molecule has 2 N–H and O–H groups in total. The molecule has 0 unspecified atom stereocenters. The van der Waals surface area contributed by atoms with Crippen molar-refractivity contribution in [1.82, 2.24) is 10.6 Å². The lowest BCUT2D eigenvalue weighted by Crippen LogP contribution is -2.41. The minimum Gasteiger partial charge on any atom is -0.376 e. The first-order valence-corrected chi connectivity index (χ1v) is 8.41. The van der Waals surface area contributed by atoms with Gasteiger partial charge in [-0.1, -0.05) is 19.8 Å². The van der Waals surface area contributed by atoms with Crippen LogP contribution in [-0.4, -0.2) is 43.6 Å². The quantitative estimate of drug-likeness (QED) is 0.582. The molecule has 0 aromatic heterocycles. The highest BCUT2D eigenvalue weighted by Gasteiger charge is 2.21. The number of thiocarbonyl (C=S) groups is 1. The summed E-state index contributed by atoms with van der Waals surface area (Å²) >= 11 is 5.25. The molecule has 2 aliphatic rings. The van der Waals surface area contributed by atoms with Gasteiger partial charge in [0.05, 0.1) is 18.8 Å². The van der Waals surface area contributed by atoms with E-state index in [-0.39, 0.29) is 0 Å². The lowest BCUT2D eigenvalue weighted by Gasteiger charge is -2.28. The van der Waals surface area contributed by atoms with E-state index < -0.39 is 0 Å². The second-order valence-electron chi connectivity index (χ2n) is 5.94.